The zero-order valence-electron chi connectivity index (χ0n) is 42.9. The molecule has 405 valence electrons. The van der Waals surface area contributed by atoms with Gasteiger partial charge in [0.15, 0.2) is 28.0 Å². The molecule has 0 saturated heterocycles. The first-order valence-electron chi connectivity index (χ1n) is 20.9. The van der Waals surface area contributed by atoms with Gasteiger partial charge >= 0.3 is 24.8 Å². The molecule has 10 aromatic rings. The van der Waals surface area contributed by atoms with Gasteiger partial charge in [-0.05, 0) is 66.8 Å². The standard InChI is InChI=1S/C8H8N6OS.C8H8N6S.C8H7N5S2.C7H7BrN4S2.C7H8N4S2.CH5N.BHNS/c1-9-5-4-11-7-6(10-2)12-8(16(3)15)13-14(5)7;1-9-5-4-11-7-6(10-2)12-8(15-3)13-14(5)7;1-9-5-4-10-6-7(14-2)11-8(15-3)12-13(5)6;1-13-6-5-9-3-4(8)12(5)11-7(10-6)14-2;1-12-6-5-8-3-4-11(5)10-7(9-6)13-2;1-2;1-2-3/h4H,2-3H3,(H,10,12,13);4H,2-3H3,(H,10,12,13);4H,2-3H3;3H,1-2H3;3-4H,1-2H3;2H2,1H3;3H. The number of hydrogen-bond acceptors (Lipinski definition) is 28. The molecule has 0 aliphatic heterocycles. The van der Waals surface area contributed by atoms with Gasteiger partial charge in [-0.3, -0.25) is 4.21 Å². The number of halogens is 1. The average molecular weight is 1290 g/mol. The third-order valence-electron chi connectivity index (χ3n) is 8.80. The summed E-state index contributed by atoms with van der Waals surface area (Å²) < 4.78 is 22.8. The van der Waals surface area contributed by atoms with Crippen molar-refractivity contribution in [1.29, 1.82) is 0 Å². The maximum absolute atomic E-state index is 11.3. The summed E-state index contributed by atoms with van der Waals surface area (Å²) in [5, 5.41) is 32.3. The van der Waals surface area contributed by atoms with Crippen molar-refractivity contribution in [3.8, 4) is 0 Å². The van der Waals surface area contributed by atoms with E-state index in [2.05, 4.69) is 147 Å². The molecule has 39 heteroatoms. The van der Waals surface area contributed by atoms with Crippen molar-refractivity contribution in [3.63, 3.8) is 0 Å². The summed E-state index contributed by atoms with van der Waals surface area (Å²) in [6, 6.07) is 0. The van der Waals surface area contributed by atoms with Gasteiger partial charge in [0.05, 0.1) is 35.6 Å². The summed E-state index contributed by atoms with van der Waals surface area (Å²) in [4.78, 5) is 51.9. The van der Waals surface area contributed by atoms with E-state index in [-0.39, 0.29) is 11.0 Å². The van der Waals surface area contributed by atoms with Crippen molar-refractivity contribution in [2.45, 2.75) is 40.9 Å². The van der Waals surface area contributed by atoms with Gasteiger partial charge in [-0.2, -0.15) is 9.97 Å². The largest absolute Gasteiger partial charge is 0.368 e. The smallest absolute Gasteiger partial charge is 0.275 e. The van der Waals surface area contributed by atoms with Crippen LogP contribution in [-0.4, -0.2) is 181 Å². The van der Waals surface area contributed by atoms with Gasteiger partial charge in [-0.25, -0.2) is 48.9 Å². The van der Waals surface area contributed by atoms with Gasteiger partial charge < -0.3 is 30.9 Å². The molecular formula is C39H44BBrN27OS9. The van der Waals surface area contributed by atoms with Crippen molar-refractivity contribution in [3.05, 3.63) is 76.0 Å². The molecule has 10 rings (SSSR count). The second-order valence-electron chi connectivity index (χ2n) is 13.0. The average Bonchev–Trinajstić information content (AvgIpc) is 4.38. The molecule has 10 aromatic heterocycles. The molecule has 1 atom stereocenters. The molecule has 0 spiro atoms. The Morgan fingerprint density at radius 3 is 1.38 bits per heavy atom. The van der Waals surface area contributed by atoms with Gasteiger partial charge in [0.1, 0.15) is 14.7 Å². The Kier molecular flexibility index (Phi) is 27.2. The maximum atomic E-state index is 11.3. The van der Waals surface area contributed by atoms with Crippen LogP contribution >= 0.6 is 111 Å². The summed E-state index contributed by atoms with van der Waals surface area (Å²) in [5.74, 6) is 2.15. The minimum absolute atomic E-state index is 0.166. The first-order chi connectivity index (χ1) is 37.8. The monoisotopic (exact) mass is 1280 g/mol. The number of fused-ring (bicyclic) bond motifs is 5. The molecule has 0 bridgehead atoms. The molecule has 0 amide bonds. The Bertz CT molecular complexity index is 3680. The van der Waals surface area contributed by atoms with Crippen LogP contribution in [0.1, 0.15) is 0 Å². The predicted octanol–water partition coefficient (Wildman–Crippen LogP) is 7.67. The number of hydrogen-bond donors (Lipinski definition) is 4. The Morgan fingerprint density at radius 2 is 0.949 bits per heavy atom. The van der Waals surface area contributed by atoms with E-state index < -0.39 is 10.8 Å². The molecule has 1 radical (unpaired) electrons. The van der Waals surface area contributed by atoms with E-state index in [9.17, 15) is 4.21 Å². The summed E-state index contributed by atoms with van der Waals surface area (Å²) >= 11 is 17.2. The number of aromatic nitrogens is 20. The topological polar surface area (TPSA) is 308 Å². The Hall–Kier alpha value is -5.93. The van der Waals surface area contributed by atoms with E-state index in [1.54, 1.807) is 59.0 Å². The van der Waals surface area contributed by atoms with E-state index in [4.69, 9.17) is 19.7 Å². The second-order valence-corrected chi connectivity index (χ2v) is 20.8. The molecule has 28 nitrogen and oxygen atoms in total. The zero-order valence-corrected chi connectivity index (χ0v) is 51.9. The number of thiol groups is 1. The molecule has 0 saturated carbocycles. The van der Waals surface area contributed by atoms with Crippen LogP contribution in [0.4, 0.5) is 29.1 Å². The number of nitrogens with zero attached hydrogens (tertiary/aromatic N) is 24. The fourth-order valence-electron chi connectivity index (χ4n) is 5.56. The number of anilines is 2. The Morgan fingerprint density at radius 1 is 0.577 bits per heavy atom. The van der Waals surface area contributed by atoms with Crippen LogP contribution in [-0.2, 0) is 10.8 Å². The van der Waals surface area contributed by atoms with Crippen molar-refractivity contribution in [2.24, 2.45) is 10.0 Å². The normalized spacial score (nSPS) is 10.5. The third-order valence-corrected chi connectivity index (χ3v) is 14.2. The van der Waals surface area contributed by atoms with Crippen LogP contribution in [0, 0.1) is 19.7 Å². The van der Waals surface area contributed by atoms with E-state index in [1.807, 2.05) is 50.0 Å². The fourth-order valence-corrected chi connectivity index (χ4v) is 9.40. The van der Waals surface area contributed by atoms with Gasteiger partial charge in [0.2, 0.25) is 20.6 Å². The quantitative estimate of drug-likeness (QED) is 0.0442. The number of nitrogens with one attached hydrogen (secondary N) is 2. The van der Waals surface area contributed by atoms with Crippen LogP contribution in [0.3, 0.4) is 0 Å². The number of nitrogens with two attached hydrogens (primary N) is 1. The van der Waals surface area contributed by atoms with Crippen LogP contribution in [0.15, 0.2) is 86.9 Å². The van der Waals surface area contributed by atoms with Crippen LogP contribution in [0.5, 0.6) is 0 Å². The van der Waals surface area contributed by atoms with Crippen LogP contribution in [0.25, 0.3) is 42.8 Å². The first kappa shape index (κ1) is 64.6. The number of thioether (sulfide) groups is 7. The van der Waals surface area contributed by atoms with Crippen molar-refractivity contribution >= 4 is 187 Å². The molecule has 1 unspecified atom stereocenters. The number of rotatable bonds is 10. The zero-order chi connectivity index (χ0) is 57.5. The van der Waals surface area contributed by atoms with Crippen molar-refractivity contribution < 1.29 is 4.21 Å². The SMILES string of the molecule is CN.CSc1nc(SC)c2ncc(Br)n2n1.CSc1nc(SC)c2nccn2n1.[B]=NS.[C-]#[N+]c1cnc2c(NC)nc(S(C)=O)nn12.[C-]#[N+]c1cnc2c(NC)nc(SC)nn12.[C-]#[N+]c1cnc2c(SC)nc(SC)nn12. The van der Waals surface area contributed by atoms with Gasteiger partial charge in [-0.15, -0.1) is 59.0 Å². The third kappa shape index (κ3) is 16.1. The maximum Gasteiger partial charge on any atom is 0.275 e. The molecule has 10 heterocycles. The summed E-state index contributed by atoms with van der Waals surface area (Å²) in [6.07, 6.45) is 24.8. The molecule has 0 fully saturated rings. The van der Waals surface area contributed by atoms with Gasteiger partial charge in [0, 0.05) is 32.7 Å². The fraction of sp³-hybridized carbons (Fsp3) is 0.282. The molecule has 78 heavy (non-hydrogen) atoms. The minimum atomic E-state index is -1.30. The van der Waals surface area contributed by atoms with E-state index in [0.717, 1.165) is 41.3 Å². The second kappa shape index (κ2) is 32.9. The van der Waals surface area contributed by atoms with Crippen LogP contribution in [0.2, 0.25) is 0 Å². The first-order valence-corrected chi connectivity index (χ1v) is 32.2. The van der Waals surface area contributed by atoms with Gasteiger partial charge in [0.25, 0.3) is 39.6 Å². The van der Waals surface area contributed by atoms with Crippen molar-refractivity contribution in [1.82, 2.24) is 97.9 Å². The van der Waals surface area contributed by atoms with E-state index in [0.29, 0.717) is 50.5 Å². The summed E-state index contributed by atoms with van der Waals surface area (Å²) in [6.45, 7) is 20.9. The Balaban J connectivity index is 0.000000206. The summed E-state index contributed by atoms with van der Waals surface area (Å²) in [7, 11) is 7.97. The molecule has 4 N–H and O–H groups in total. The van der Waals surface area contributed by atoms with Gasteiger partial charge in [-0.1, -0.05) is 82.1 Å². The van der Waals surface area contributed by atoms with E-state index in [1.165, 1.54) is 104 Å². The summed E-state index contributed by atoms with van der Waals surface area (Å²) in [5.41, 5.74) is 7.78. The van der Waals surface area contributed by atoms with Crippen LogP contribution < -0.4 is 16.4 Å². The predicted molar refractivity (Wildman–Crippen MR) is 322 cm³/mol. The Labute approximate surface area is 493 Å². The minimum Gasteiger partial charge on any atom is -0.368 e. The molecule has 0 aromatic carbocycles. The van der Waals surface area contributed by atoms with Crippen molar-refractivity contribution in [2.75, 3.05) is 81.8 Å². The molecular weight excluding hydrogens is 1240 g/mol. The number of imidazole rings is 5. The molecule has 0 aliphatic carbocycles. The van der Waals surface area contributed by atoms with E-state index >= 15 is 0 Å². The molecule has 0 aliphatic rings.